The third kappa shape index (κ3) is 4.54. The summed E-state index contributed by atoms with van der Waals surface area (Å²) in [5.74, 6) is 0.0254. The van der Waals surface area contributed by atoms with Crippen LogP contribution >= 0.6 is 0 Å². The number of pyridine rings is 1. The van der Waals surface area contributed by atoms with Crippen molar-refractivity contribution < 1.29 is 8.78 Å². The van der Waals surface area contributed by atoms with Crippen LogP contribution in [-0.4, -0.2) is 55.8 Å². The molecule has 1 aliphatic heterocycles. The molecule has 3 aromatic heterocycles. The summed E-state index contributed by atoms with van der Waals surface area (Å²) in [7, 11) is 0. The lowest BCUT2D eigenvalue weighted by atomic mass is 10.1. The van der Waals surface area contributed by atoms with Gasteiger partial charge in [-0.3, -0.25) is 9.58 Å². The van der Waals surface area contributed by atoms with E-state index < -0.39 is 11.6 Å². The van der Waals surface area contributed by atoms with Gasteiger partial charge in [-0.05, 0) is 43.5 Å². The van der Waals surface area contributed by atoms with Crippen molar-refractivity contribution >= 4 is 22.7 Å². The van der Waals surface area contributed by atoms with Crippen LogP contribution in [0.2, 0.25) is 0 Å². The van der Waals surface area contributed by atoms with Crippen molar-refractivity contribution in [3.05, 3.63) is 59.6 Å². The molecule has 0 bridgehead atoms. The molecule has 0 radical (unpaired) electrons. The zero-order chi connectivity index (χ0) is 24.6. The molecule has 10 heteroatoms. The first-order valence-electron chi connectivity index (χ1n) is 12.5. The monoisotopic (exact) mass is 490 g/mol. The molecule has 2 N–H and O–H groups in total. The molecule has 8 nitrogen and oxygen atoms in total. The molecule has 1 saturated heterocycles. The molecule has 186 valence electrons. The fraction of sp³-hybridized carbons (Fsp3) is 0.385. The van der Waals surface area contributed by atoms with Crippen LogP contribution in [0.4, 0.5) is 20.5 Å². The minimum absolute atomic E-state index is 0.0367. The van der Waals surface area contributed by atoms with E-state index in [1.54, 1.807) is 6.07 Å². The largest absolute Gasteiger partial charge is 0.314 e. The standard InChI is InChI=1S/C26H28F2N8/c1-2-36-25(17-4-5-17)19-11-18(12-20(27)24(19)34-36)23-21(28)14-31-26(33-23)32-22-6-3-16(13-30-22)15-35-9-7-29-8-10-35/h3,6,11-14,17,29H,2,4-5,7-10,15H2,1H3,(H,30,31,32,33). The molecule has 1 aromatic carbocycles. The zero-order valence-corrected chi connectivity index (χ0v) is 20.1. The van der Waals surface area contributed by atoms with E-state index >= 15 is 4.39 Å². The van der Waals surface area contributed by atoms with E-state index in [2.05, 4.69) is 35.6 Å². The zero-order valence-electron chi connectivity index (χ0n) is 20.1. The van der Waals surface area contributed by atoms with Crippen molar-refractivity contribution in [3.8, 4) is 11.3 Å². The van der Waals surface area contributed by atoms with E-state index in [0.29, 0.717) is 29.4 Å². The Morgan fingerprint density at radius 1 is 1.06 bits per heavy atom. The molecule has 1 aliphatic carbocycles. The molecule has 1 saturated carbocycles. The van der Waals surface area contributed by atoms with E-state index in [4.69, 9.17) is 0 Å². The summed E-state index contributed by atoms with van der Waals surface area (Å²) in [6.07, 6.45) is 5.04. The third-order valence-electron chi connectivity index (χ3n) is 6.80. The molecule has 2 fully saturated rings. The smallest absolute Gasteiger partial charge is 0.229 e. The van der Waals surface area contributed by atoms with E-state index in [0.717, 1.165) is 68.4 Å². The lowest BCUT2D eigenvalue weighted by molar-refractivity contribution is 0.233. The second-order valence-electron chi connectivity index (χ2n) is 9.42. The molecule has 2 aliphatic rings. The van der Waals surface area contributed by atoms with Gasteiger partial charge in [-0.15, -0.1) is 0 Å². The van der Waals surface area contributed by atoms with Gasteiger partial charge in [0.1, 0.15) is 17.0 Å². The van der Waals surface area contributed by atoms with Gasteiger partial charge in [0.05, 0.1) is 6.20 Å². The summed E-state index contributed by atoms with van der Waals surface area (Å²) in [5, 5.41) is 11.6. The summed E-state index contributed by atoms with van der Waals surface area (Å²) in [4.78, 5) is 15.3. The Labute approximate surface area is 207 Å². The number of hydrogen-bond donors (Lipinski definition) is 2. The number of nitrogens with zero attached hydrogens (tertiary/aromatic N) is 6. The normalized spacial score (nSPS) is 16.5. The van der Waals surface area contributed by atoms with Crippen LogP contribution in [0.1, 0.15) is 36.9 Å². The quantitative estimate of drug-likeness (QED) is 0.401. The fourth-order valence-electron chi connectivity index (χ4n) is 4.84. The van der Waals surface area contributed by atoms with Gasteiger partial charge in [-0.2, -0.15) is 5.10 Å². The van der Waals surface area contributed by atoms with Gasteiger partial charge in [0.25, 0.3) is 0 Å². The van der Waals surface area contributed by atoms with Crippen LogP contribution < -0.4 is 10.6 Å². The van der Waals surface area contributed by atoms with Crippen molar-refractivity contribution in [2.24, 2.45) is 0 Å². The second-order valence-corrected chi connectivity index (χ2v) is 9.42. The van der Waals surface area contributed by atoms with Crippen molar-refractivity contribution in [2.75, 3.05) is 31.5 Å². The van der Waals surface area contributed by atoms with Crippen LogP contribution in [0.3, 0.4) is 0 Å². The summed E-state index contributed by atoms with van der Waals surface area (Å²) in [5.41, 5.74) is 2.85. The molecule has 6 rings (SSSR count). The molecular formula is C26H28F2N8. The fourth-order valence-corrected chi connectivity index (χ4v) is 4.84. The first-order valence-corrected chi connectivity index (χ1v) is 12.5. The molecule has 4 heterocycles. The third-order valence-corrected chi connectivity index (χ3v) is 6.80. The van der Waals surface area contributed by atoms with Crippen LogP contribution in [0, 0.1) is 11.6 Å². The van der Waals surface area contributed by atoms with Gasteiger partial charge in [0.15, 0.2) is 11.6 Å². The highest BCUT2D eigenvalue weighted by atomic mass is 19.1. The average molecular weight is 491 g/mol. The SMILES string of the molecule is CCn1nc2c(F)cc(-c3nc(Nc4ccc(CN5CCNCC5)cn4)ncc3F)cc2c1C1CC1. The number of anilines is 2. The first kappa shape index (κ1) is 22.9. The molecule has 4 aromatic rings. The summed E-state index contributed by atoms with van der Waals surface area (Å²) in [6, 6.07) is 6.96. The Balaban J connectivity index is 1.26. The Hall–Kier alpha value is -3.50. The highest BCUT2D eigenvalue weighted by Gasteiger charge is 2.31. The highest BCUT2D eigenvalue weighted by Crippen LogP contribution is 2.44. The maximum absolute atomic E-state index is 15.1. The van der Waals surface area contributed by atoms with E-state index in [1.165, 1.54) is 6.07 Å². The minimum atomic E-state index is -0.616. The first-order chi connectivity index (χ1) is 17.6. The Morgan fingerprint density at radius 2 is 1.89 bits per heavy atom. The summed E-state index contributed by atoms with van der Waals surface area (Å²) < 4.78 is 31.7. The number of fused-ring (bicyclic) bond motifs is 1. The van der Waals surface area contributed by atoms with Crippen molar-refractivity contribution in [1.29, 1.82) is 0 Å². The van der Waals surface area contributed by atoms with Crippen LogP contribution in [0.25, 0.3) is 22.2 Å². The van der Waals surface area contributed by atoms with Crippen LogP contribution in [0.5, 0.6) is 0 Å². The Kier molecular flexibility index (Phi) is 6.06. The second kappa shape index (κ2) is 9.51. The lowest BCUT2D eigenvalue weighted by Crippen LogP contribution is -2.42. The predicted octanol–water partition coefficient (Wildman–Crippen LogP) is 4.21. The van der Waals surface area contributed by atoms with Gasteiger partial charge in [0, 0.05) is 68.0 Å². The maximum Gasteiger partial charge on any atom is 0.229 e. The van der Waals surface area contributed by atoms with Crippen molar-refractivity contribution in [2.45, 2.75) is 38.8 Å². The number of aryl methyl sites for hydroxylation is 1. The van der Waals surface area contributed by atoms with Crippen LogP contribution in [0.15, 0.2) is 36.7 Å². The molecule has 36 heavy (non-hydrogen) atoms. The van der Waals surface area contributed by atoms with Crippen molar-refractivity contribution in [1.82, 2.24) is 34.9 Å². The molecule has 0 amide bonds. The van der Waals surface area contributed by atoms with Gasteiger partial charge in [-0.25, -0.2) is 23.7 Å². The lowest BCUT2D eigenvalue weighted by Gasteiger charge is -2.27. The van der Waals surface area contributed by atoms with E-state index in [-0.39, 0.29) is 11.6 Å². The molecule has 0 unspecified atom stereocenters. The van der Waals surface area contributed by atoms with Crippen LogP contribution in [-0.2, 0) is 13.1 Å². The van der Waals surface area contributed by atoms with Gasteiger partial charge in [0.2, 0.25) is 5.95 Å². The minimum Gasteiger partial charge on any atom is -0.314 e. The van der Waals surface area contributed by atoms with E-state index in [1.807, 2.05) is 29.9 Å². The maximum atomic E-state index is 15.1. The Bertz CT molecular complexity index is 1390. The van der Waals surface area contributed by atoms with Gasteiger partial charge < -0.3 is 10.6 Å². The topological polar surface area (TPSA) is 83.8 Å². The Morgan fingerprint density at radius 3 is 2.61 bits per heavy atom. The van der Waals surface area contributed by atoms with Gasteiger partial charge in [-0.1, -0.05) is 6.07 Å². The number of hydrogen-bond acceptors (Lipinski definition) is 7. The predicted molar refractivity (Wildman–Crippen MR) is 134 cm³/mol. The average Bonchev–Trinajstić information content (AvgIpc) is 3.66. The summed E-state index contributed by atoms with van der Waals surface area (Å²) in [6.45, 7) is 7.52. The highest BCUT2D eigenvalue weighted by molar-refractivity contribution is 5.87. The number of nitrogens with one attached hydrogen (secondary N) is 2. The van der Waals surface area contributed by atoms with Gasteiger partial charge >= 0.3 is 0 Å². The molecule has 0 atom stereocenters. The number of piperazine rings is 1. The molecular weight excluding hydrogens is 462 g/mol. The molecule has 0 spiro atoms. The number of benzene rings is 1. The summed E-state index contributed by atoms with van der Waals surface area (Å²) >= 11 is 0. The van der Waals surface area contributed by atoms with Crippen molar-refractivity contribution in [3.63, 3.8) is 0 Å². The number of aromatic nitrogens is 5. The number of rotatable bonds is 7. The number of halogens is 2. The van der Waals surface area contributed by atoms with E-state index in [9.17, 15) is 4.39 Å².